The van der Waals surface area contributed by atoms with Crippen LogP contribution in [0.3, 0.4) is 0 Å². The van der Waals surface area contributed by atoms with E-state index in [1.807, 2.05) is 0 Å². The Morgan fingerprint density at radius 2 is 0.704 bits per heavy atom. The topological polar surface area (TPSA) is 104 Å². The number of halogens is 6. The SMILES string of the molecule is N#Cc1c(F)c(F)c(Oc2c(F)c(F)c(C#N)c(C#N)c2F)c(F)c1C#N. The van der Waals surface area contributed by atoms with E-state index < -0.39 is 68.7 Å². The minimum atomic E-state index is -2.23. The first-order chi connectivity index (χ1) is 12.7. The van der Waals surface area contributed by atoms with E-state index in [4.69, 9.17) is 21.0 Å². The Hall–Kier alpha value is -4.22. The molecule has 0 bridgehead atoms. The molecule has 0 fully saturated rings. The molecule has 5 nitrogen and oxygen atoms in total. The molecule has 0 radical (unpaired) electrons. The lowest BCUT2D eigenvalue weighted by atomic mass is 10.1. The lowest BCUT2D eigenvalue weighted by Gasteiger charge is -2.13. The lowest BCUT2D eigenvalue weighted by Crippen LogP contribution is -2.08. The molecule has 0 N–H and O–H groups in total. The van der Waals surface area contributed by atoms with Crippen molar-refractivity contribution in [1.82, 2.24) is 0 Å². The highest BCUT2D eigenvalue weighted by Gasteiger charge is 2.31. The van der Waals surface area contributed by atoms with Crippen molar-refractivity contribution < 1.29 is 31.1 Å². The first kappa shape index (κ1) is 19.1. The first-order valence-corrected chi connectivity index (χ1v) is 6.44. The van der Waals surface area contributed by atoms with E-state index in [0.717, 1.165) is 24.3 Å². The number of benzene rings is 2. The van der Waals surface area contributed by atoms with Crippen LogP contribution in [0.15, 0.2) is 0 Å². The number of nitrogens with zero attached hydrogens (tertiary/aromatic N) is 4. The molecule has 0 saturated carbocycles. The first-order valence-electron chi connectivity index (χ1n) is 6.44. The van der Waals surface area contributed by atoms with E-state index in [2.05, 4.69) is 4.74 Å². The predicted octanol–water partition coefficient (Wildman–Crippen LogP) is 3.80. The zero-order valence-corrected chi connectivity index (χ0v) is 12.5. The van der Waals surface area contributed by atoms with Gasteiger partial charge in [0.05, 0.1) is 0 Å². The molecule has 0 unspecified atom stereocenters. The fraction of sp³-hybridized carbons (Fsp3) is 0. The fourth-order valence-corrected chi connectivity index (χ4v) is 1.98. The third-order valence-electron chi connectivity index (χ3n) is 3.21. The summed E-state index contributed by atoms with van der Waals surface area (Å²) in [5, 5.41) is 34.9. The second kappa shape index (κ2) is 6.95. The standard InChI is InChI=1S/C16F6N4O/c17-9-5(1-23)7(3-25)11(19)15(13(9)21)27-16-12(20)8(4-26)6(2-24)10(18)14(16)22. The van der Waals surface area contributed by atoms with E-state index in [-0.39, 0.29) is 0 Å². The van der Waals surface area contributed by atoms with Crippen molar-refractivity contribution in [2.45, 2.75) is 0 Å². The van der Waals surface area contributed by atoms with Crippen LogP contribution in [0.2, 0.25) is 0 Å². The van der Waals surface area contributed by atoms with Crippen LogP contribution in [-0.4, -0.2) is 0 Å². The van der Waals surface area contributed by atoms with Gasteiger partial charge in [0.15, 0.2) is 23.3 Å². The summed E-state index contributed by atoms with van der Waals surface area (Å²) in [6.07, 6.45) is 0. The van der Waals surface area contributed by atoms with Gasteiger partial charge in [-0.15, -0.1) is 0 Å². The summed E-state index contributed by atoms with van der Waals surface area (Å²) in [6, 6.07) is 4.16. The largest absolute Gasteiger partial charge is 0.445 e. The quantitative estimate of drug-likeness (QED) is 0.584. The average Bonchev–Trinajstić information content (AvgIpc) is 2.66. The molecule has 0 saturated heterocycles. The average molecular weight is 378 g/mol. The van der Waals surface area contributed by atoms with Gasteiger partial charge >= 0.3 is 0 Å². The van der Waals surface area contributed by atoms with Crippen LogP contribution in [-0.2, 0) is 0 Å². The van der Waals surface area contributed by atoms with Crippen molar-refractivity contribution >= 4 is 0 Å². The Balaban J connectivity index is 2.85. The van der Waals surface area contributed by atoms with Crippen LogP contribution in [0.4, 0.5) is 26.3 Å². The molecular formula is C16F6N4O. The van der Waals surface area contributed by atoms with Crippen molar-refractivity contribution in [2.75, 3.05) is 0 Å². The molecule has 0 aliphatic rings. The highest BCUT2D eigenvalue weighted by Crippen LogP contribution is 2.38. The molecule has 0 heterocycles. The Bertz CT molecular complexity index is 1070. The molecule has 2 rings (SSSR count). The van der Waals surface area contributed by atoms with Crippen LogP contribution < -0.4 is 4.74 Å². The molecule has 2 aromatic carbocycles. The van der Waals surface area contributed by atoms with E-state index in [1.54, 1.807) is 0 Å². The van der Waals surface area contributed by atoms with Gasteiger partial charge in [-0.2, -0.15) is 29.8 Å². The Morgan fingerprint density at radius 3 is 0.963 bits per heavy atom. The smallest absolute Gasteiger partial charge is 0.205 e. The third kappa shape index (κ3) is 2.74. The number of hydrogen-bond acceptors (Lipinski definition) is 5. The molecule has 0 spiro atoms. The number of hydrogen-bond donors (Lipinski definition) is 0. The number of nitriles is 4. The zero-order chi connectivity index (χ0) is 20.5. The maximum absolute atomic E-state index is 14.2. The van der Waals surface area contributed by atoms with E-state index >= 15 is 0 Å². The zero-order valence-electron chi connectivity index (χ0n) is 12.5. The van der Waals surface area contributed by atoms with Crippen LogP contribution in [0, 0.1) is 80.2 Å². The second-order valence-corrected chi connectivity index (χ2v) is 4.59. The molecule has 0 aromatic heterocycles. The van der Waals surface area contributed by atoms with E-state index in [0.29, 0.717) is 0 Å². The van der Waals surface area contributed by atoms with Crippen molar-refractivity contribution in [3.05, 3.63) is 57.2 Å². The van der Waals surface area contributed by atoms with Crippen LogP contribution in [0.1, 0.15) is 22.3 Å². The van der Waals surface area contributed by atoms with Gasteiger partial charge in [0.25, 0.3) is 0 Å². The summed E-state index contributed by atoms with van der Waals surface area (Å²) in [4.78, 5) is 0. The minimum Gasteiger partial charge on any atom is -0.445 e. The van der Waals surface area contributed by atoms with Gasteiger partial charge in [-0.1, -0.05) is 0 Å². The van der Waals surface area contributed by atoms with Crippen LogP contribution >= 0.6 is 0 Å². The number of rotatable bonds is 2. The van der Waals surface area contributed by atoms with E-state index in [1.165, 1.54) is 0 Å². The monoisotopic (exact) mass is 378 g/mol. The Kier molecular flexibility index (Phi) is 4.92. The summed E-state index contributed by atoms with van der Waals surface area (Å²) < 4.78 is 88.1. The summed E-state index contributed by atoms with van der Waals surface area (Å²) in [5.41, 5.74) is -5.32. The molecule has 0 aliphatic carbocycles. The predicted molar refractivity (Wildman–Crippen MR) is 71.6 cm³/mol. The normalized spacial score (nSPS) is 9.70. The second-order valence-electron chi connectivity index (χ2n) is 4.59. The molecule has 27 heavy (non-hydrogen) atoms. The van der Waals surface area contributed by atoms with Gasteiger partial charge in [0, 0.05) is 0 Å². The minimum absolute atomic E-state index is 1.03. The van der Waals surface area contributed by atoms with Crippen LogP contribution in [0.5, 0.6) is 11.5 Å². The van der Waals surface area contributed by atoms with Crippen molar-refractivity contribution in [1.29, 1.82) is 21.0 Å². The highest BCUT2D eigenvalue weighted by atomic mass is 19.2. The van der Waals surface area contributed by atoms with Gasteiger partial charge < -0.3 is 4.74 Å². The van der Waals surface area contributed by atoms with Crippen molar-refractivity contribution in [3.63, 3.8) is 0 Å². The van der Waals surface area contributed by atoms with Gasteiger partial charge in [0.1, 0.15) is 46.5 Å². The summed E-state index contributed by atoms with van der Waals surface area (Å²) >= 11 is 0. The molecule has 0 aliphatic heterocycles. The van der Waals surface area contributed by atoms with Gasteiger partial charge in [-0.05, 0) is 0 Å². The Labute approximate surface area is 146 Å². The van der Waals surface area contributed by atoms with E-state index in [9.17, 15) is 26.3 Å². The molecule has 0 amide bonds. The Morgan fingerprint density at radius 1 is 0.444 bits per heavy atom. The van der Waals surface area contributed by atoms with Crippen LogP contribution in [0.25, 0.3) is 0 Å². The highest BCUT2D eigenvalue weighted by molar-refractivity contribution is 5.56. The van der Waals surface area contributed by atoms with Gasteiger partial charge in [0.2, 0.25) is 23.1 Å². The fourth-order valence-electron chi connectivity index (χ4n) is 1.98. The van der Waals surface area contributed by atoms with Gasteiger partial charge in [-0.25, -0.2) is 17.6 Å². The summed E-state index contributed by atoms with van der Waals surface area (Å²) in [5.74, 6) is -16.3. The third-order valence-corrected chi connectivity index (χ3v) is 3.21. The van der Waals surface area contributed by atoms with Crippen molar-refractivity contribution in [3.8, 4) is 35.8 Å². The maximum Gasteiger partial charge on any atom is 0.205 e. The molecule has 2 aromatic rings. The molecule has 0 atom stereocenters. The summed E-state index contributed by atoms with van der Waals surface area (Å²) in [7, 11) is 0. The molecule has 132 valence electrons. The van der Waals surface area contributed by atoms with Crippen molar-refractivity contribution in [2.24, 2.45) is 0 Å². The molecular weight excluding hydrogens is 378 g/mol. The van der Waals surface area contributed by atoms with Gasteiger partial charge in [-0.3, -0.25) is 0 Å². The lowest BCUT2D eigenvalue weighted by molar-refractivity contribution is 0.343. The number of ether oxygens (including phenoxy) is 1. The molecule has 11 heteroatoms. The summed E-state index contributed by atoms with van der Waals surface area (Å²) in [6.45, 7) is 0. The maximum atomic E-state index is 14.2.